The Morgan fingerprint density at radius 1 is 0.792 bits per heavy atom. The average molecular weight is 328 g/mol. The molecule has 0 radical (unpaired) electrons. The summed E-state index contributed by atoms with van der Waals surface area (Å²) >= 11 is 0. The highest BCUT2D eigenvalue weighted by molar-refractivity contribution is 6.07. The Morgan fingerprint density at radius 3 is 1.96 bits per heavy atom. The van der Waals surface area contributed by atoms with Crippen molar-refractivity contribution in [3.63, 3.8) is 0 Å². The molecule has 24 heavy (non-hydrogen) atoms. The van der Waals surface area contributed by atoms with Gasteiger partial charge in [-0.3, -0.25) is 4.79 Å². The van der Waals surface area contributed by atoms with Gasteiger partial charge in [-0.25, -0.2) is 0 Å². The molecule has 0 N–H and O–H groups in total. The van der Waals surface area contributed by atoms with Gasteiger partial charge in [0, 0.05) is 11.6 Å². The molecule has 0 aliphatic heterocycles. The van der Waals surface area contributed by atoms with Crippen LogP contribution in [0.15, 0.2) is 42.5 Å². The SMILES string of the molecule is COc1cc(C=CC(=O)c2ccc(OC)c(OC)c2)cc(OC)c1. The zero-order valence-electron chi connectivity index (χ0n) is 14.2. The number of carbonyl (C=O) groups is 1. The summed E-state index contributed by atoms with van der Waals surface area (Å²) in [5, 5.41) is 0. The molecule has 0 fully saturated rings. The molecule has 5 heteroatoms. The van der Waals surface area contributed by atoms with Gasteiger partial charge < -0.3 is 18.9 Å². The third-order valence-corrected chi connectivity index (χ3v) is 3.47. The summed E-state index contributed by atoms with van der Waals surface area (Å²) in [5.74, 6) is 2.27. The summed E-state index contributed by atoms with van der Waals surface area (Å²) in [5.41, 5.74) is 1.32. The lowest BCUT2D eigenvalue weighted by atomic mass is 10.1. The molecule has 2 rings (SSSR count). The van der Waals surface area contributed by atoms with E-state index in [1.807, 2.05) is 12.1 Å². The molecule has 0 amide bonds. The first-order valence-electron chi connectivity index (χ1n) is 7.28. The van der Waals surface area contributed by atoms with Crippen LogP contribution in [0.25, 0.3) is 6.08 Å². The maximum Gasteiger partial charge on any atom is 0.185 e. The molecule has 126 valence electrons. The topological polar surface area (TPSA) is 54.0 Å². The van der Waals surface area contributed by atoms with Crippen LogP contribution in [0.5, 0.6) is 23.0 Å². The van der Waals surface area contributed by atoms with Gasteiger partial charge in [0.1, 0.15) is 11.5 Å². The second kappa shape index (κ2) is 8.06. The van der Waals surface area contributed by atoms with Gasteiger partial charge >= 0.3 is 0 Å². The van der Waals surface area contributed by atoms with E-state index in [1.54, 1.807) is 51.7 Å². The van der Waals surface area contributed by atoms with Gasteiger partial charge in [-0.1, -0.05) is 6.08 Å². The minimum atomic E-state index is -0.141. The first kappa shape index (κ1) is 17.4. The van der Waals surface area contributed by atoms with Crippen molar-refractivity contribution in [2.24, 2.45) is 0 Å². The summed E-state index contributed by atoms with van der Waals surface area (Å²) in [6.45, 7) is 0. The smallest absolute Gasteiger partial charge is 0.185 e. The van der Waals surface area contributed by atoms with E-state index in [4.69, 9.17) is 18.9 Å². The molecule has 0 heterocycles. The Balaban J connectivity index is 2.24. The van der Waals surface area contributed by atoms with Gasteiger partial charge in [0.25, 0.3) is 0 Å². The van der Waals surface area contributed by atoms with Crippen molar-refractivity contribution in [2.75, 3.05) is 28.4 Å². The third kappa shape index (κ3) is 4.07. The summed E-state index contributed by atoms with van der Waals surface area (Å²) in [6, 6.07) is 10.5. The molecule has 0 aliphatic carbocycles. The van der Waals surface area contributed by atoms with Gasteiger partial charge in [0.05, 0.1) is 28.4 Å². The molecule has 0 bridgehead atoms. The van der Waals surface area contributed by atoms with Crippen LogP contribution in [0.2, 0.25) is 0 Å². The van der Waals surface area contributed by atoms with Crippen molar-refractivity contribution in [1.29, 1.82) is 0 Å². The van der Waals surface area contributed by atoms with Crippen LogP contribution in [0.4, 0.5) is 0 Å². The maximum atomic E-state index is 12.3. The highest BCUT2D eigenvalue weighted by Crippen LogP contribution is 2.28. The third-order valence-electron chi connectivity index (χ3n) is 3.47. The number of ketones is 1. The van der Waals surface area contributed by atoms with Crippen LogP contribution in [-0.2, 0) is 0 Å². The lowest BCUT2D eigenvalue weighted by Gasteiger charge is -2.08. The van der Waals surface area contributed by atoms with Gasteiger partial charge in [0.15, 0.2) is 17.3 Å². The molecule has 0 aromatic heterocycles. The van der Waals surface area contributed by atoms with Crippen molar-refractivity contribution in [3.05, 3.63) is 53.6 Å². The Bertz CT molecular complexity index is 727. The zero-order chi connectivity index (χ0) is 17.5. The molecular formula is C19H20O5. The van der Waals surface area contributed by atoms with Gasteiger partial charge in [-0.2, -0.15) is 0 Å². The zero-order valence-corrected chi connectivity index (χ0v) is 14.2. The van der Waals surface area contributed by atoms with Crippen molar-refractivity contribution in [3.8, 4) is 23.0 Å². The first-order chi connectivity index (χ1) is 11.6. The fraction of sp³-hybridized carbons (Fsp3) is 0.211. The molecular weight excluding hydrogens is 308 g/mol. The lowest BCUT2D eigenvalue weighted by molar-refractivity contribution is 0.104. The van der Waals surface area contributed by atoms with Gasteiger partial charge in [-0.15, -0.1) is 0 Å². The number of rotatable bonds is 7. The number of carbonyl (C=O) groups excluding carboxylic acids is 1. The Morgan fingerprint density at radius 2 is 1.42 bits per heavy atom. The molecule has 0 unspecified atom stereocenters. The van der Waals surface area contributed by atoms with Crippen LogP contribution in [0.3, 0.4) is 0 Å². The predicted octanol–water partition coefficient (Wildman–Crippen LogP) is 3.62. The van der Waals surface area contributed by atoms with Crippen molar-refractivity contribution in [2.45, 2.75) is 0 Å². The van der Waals surface area contributed by atoms with E-state index in [0.717, 1.165) is 5.56 Å². The standard InChI is InChI=1S/C19H20O5/c1-21-15-9-13(10-16(12-15)22-2)5-7-17(20)14-6-8-18(23-3)19(11-14)24-4/h5-12H,1-4H3. The van der Waals surface area contributed by atoms with Crippen molar-refractivity contribution in [1.82, 2.24) is 0 Å². The van der Waals surface area contributed by atoms with Crippen LogP contribution < -0.4 is 18.9 Å². The molecule has 2 aromatic rings. The van der Waals surface area contributed by atoms with Crippen LogP contribution >= 0.6 is 0 Å². The van der Waals surface area contributed by atoms with E-state index < -0.39 is 0 Å². The number of ether oxygens (including phenoxy) is 4. The van der Waals surface area contributed by atoms with E-state index in [1.165, 1.54) is 13.2 Å². The fourth-order valence-corrected chi connectivity index (χ4v) is 2.18. The summed E-state index contributed by atoms with van der Waals surface area (Å²) in [7, 11) is 6.24. The number of hydrogen-bond acceptors (Lipinski definition) is 5. The second-order valence-corrected chi connectivity index (χ2v) is 4.91. The monoisotopic (exact) mass is 328 g/mol. The number of methoxy groups -OCH3 is 4. The quantitative estimate of drug-likeness (QED) is 0.574. The van der Waals surface area contributed by atoms with E-state index in [9.17, 15) is 4.79 Å². The lowest BCUT2D eigenvalue weighted by Crippen LogP contribution is -1.97. The maximum absolute atomic E-state index is 12.3. The van der Waals surface area contributed by atoms with E-state index in [0.29, 0.717) is 28.6 Å². The average Bonchev–Trinajstić information content (AvgIpc) is 2.64. The number of benzene rings is 2. The second-order valence-electron chi connectivity index (χ2n) is 4.91. The Hall–Kier alpha value is -2.95. The predicted molar refractivity (Wildman–Crippen MR) is 92.5 cm³/mol. The fourth-order valence-electron chi connectivity index (χ4n) is 2.18. The minimum Gasteiger partial charge on any atom is -0.497 e. The Labute approximate surface area is 141 Å². The molecule has 0 saturated heterocycles. The van der Waals surface area contributed by atoms with Crippen LogP contribution in [-0.4, -0.2) is 34.2 Å². The van der Waals surface area contributed by atoms with Crippen LogP contribution in [0.1, 0.15) is 15.9 Å². The highest BCUT2D eigenvalue weighted by Gasteiger charge is 2.08. The molecule has 5 nitrogen and oxygen atoms in total. The normalized spacial score (nSPS) is 10.5. The highest BCUT2D eigenvalue weighted by atomic mass is 16.5. The van der Waals surface area contributed by atoms with E-state index in [-0.39, 0.29) is 5.78 Å². The van der Waals surface area contributed by atoms with E-state index in [2.05, 4.69) is 0 Å². The molecule has 0 atom stereocenters. The largest absolute Gasteiger partial charge is 0.497 e. The minimum absolute atomic E-state index is 0.141. The van der Waals surface area contributed by atoms with Gasteiger partial charge in [-0.05, 0) is 42.0 Å². The van der Waals surface area contributed by atoms with E-state index >= 15 is 0 Å². The van der Waals surface area contributed by atoms with Crippen molar-refractivity contribution < 1.29 is 23.7 Å². The molecule has 0 spiro atoms. The summed E-state index contributed by atoms with van der Waals surface area (Å²) in [6.07, 6.45) is 3.21. The summed E-state index contributed by atoms with van der Waals surface area (Å²) in [4.78, 5) is 12.3. The van der Waals surface area contributed by atoms with Gasteiger partial charge in [0.2, 0.25) is 0 Å². The van der Waals surface area contributed by atoms with Crippen LogP contribution in [0, 0.1) is 0 Å². The number of allylic oxidation sites excluding steroid dienone is 1. The number of hydrogen-bond donors (Lipinski definition) is 0. The first-order valence-corrected chi connectivity index (χ1v) is 7.28. The molecule has 0 saturated carbocycles. The molecule has 0 aliphatic rings. The summed E-state index contributed by atoms with van der Waals surface area (Å²) < 4.78 is 20.8. The molecule has 2 aromatic carbocycles. The Kier molecular flexibility index (Phi) is 5.84. The van der Waals surface area contributed by atoms with Crippen molar-refractivity contribution >= 4 is 11.9 Å².